The molecule has 7 heteroatoms. The van der Waals surface area contributed by atoms with E-state index in [0.29, 0.717) is 56.0 Å². The second-order valence-electron chi connectivity index (χ2n) is 8.53. The quantitative estimate of drug-likeness (QED) is 0.451. The van der Waals surface area contributed by atoms with Crippen LogP contribution in [0.2, 0.25) is 0 Å². The number of piperidine rings is 1. The van der Waals surface area contributed by atoms with Gasteiger partial charge < -0.3 is 19.7 Å². The van der Waals surface area contributed by atoms with Crippen LogP contribution in [0.15, 0.2) is 66.9 Å². The highest BCUT2D eigenvalue weighted by Crippen LogP contribution is 2.27. The number of aromatic nitrogens is 1. The fourth-order valence-electron chi connectivity index (χ4n) is 4.28. The van der Waals surface area contributed by atoms with Gasteiger partial charge in [0.25, 0.3) is 0 Å². The Morgan fingerprint density at radius 2 is 1.80 bits per heavy atom. The van der Waals surface area contributed by atoms with Crippen molar-refractivity contribution in [1.29, 1.82) is 0 Å². The van der Waals surface area contributed by atoms with Crippen LogP contribution in [-0.4, -0.2) is 43.5 Å². The standard InChI is InChI=1S/C28H31N3O4/c1-3-35-23-10-8-20(9-11-23)18-25(32)22-12-15-29-27(19-22)31-16-13-21(14-17-31)28(33)30-24-6-4-5-7-26(24)34-2/h4-12,15,19,21H,3,13-14,16-18H2,1-2H3,(H,30,33). The van der Waals surface area contributed by atoms with Gasteiger partial charge in [-0.3, -0.25) is 9.59 Å². The van der Waals surface area contributed by atoms with E-state index >= 15 is 0 Å². The van der Waals surface area contributed by atoms with Crippen LogP contribution in [0, 0.1) is 5.92 Å². The Hall–Kier alpha value is -3.87. The molecule has 0 saturated carbocycles. The van der Waals surface area contributed by atoms with E-state index < -0.39 is 0 Å². The van der Waals surface area contributed by atoms with Gasteiger partial charge in [-0.25, -0.2) is 4.98 Å². The van der Waals surface area contributed by atoms with Crippen LogP contribution >= 0.6 is 0 Å². The molecular formula is C28H31N3O4. The Morgan fingerprint density at radius 3 is 2.51 bits per heavy atom. The number of ketones is 1. The third-order valence-corrected chi connectivity index (χ3v) is 6.22. The second kappa shape index (κ2) is 11.5. The predicted molar refractivity (Wildman–Crippen MR) is 136 cm³/mol. The van der Waals surface area contributed by atoms with E-state index in [9.17, 15) is 9.59 Å². The van der Waals surface area contributed by atoms with Crippen molar-refractivity contribution in [1.82, 2.24) is 4.98 Å². The van der Waals surface area contributed by atoms with E-state index in [1.165, 1.54) is 0 Å². The van der Waals surface area contributed by atoms with Gasteiger partial charge in [-0.05, 0) is 61.7 Å². The largest absolute Gasteiger partial charge is 0.495 e. The fourth-order valence-corrected chi connectivity index (χ4v) is 4.28. The number of carbonyl (C=O) groups excluding carboxylic acids is 2. The van der Waals surface area contributed by atoms with Gasteiger partial charge in [0.2, 0.25) is 5.91 Å². The van der Waals surface area contributed by atoms with Gasteiger partial charge in [0.1, 0.15) is 17.3 Å². The highest BCUT2D eigenvalue weighted by Gasteiger charge is 2.26. The van der Waals surface area contributed by atoms with E-state index in [1.54, 1.807) is 19.4 Å². The molecule has 1 N–H and O–H groups in total. The molecule has 0 bridgehead atoms. The molecule has 1 aliphatic rings. The first-order chi connectivity index (χ1) is 17.1. The SMILES string of the molecule is CCOc1ccc(CC(=O)c2ccnc(N3CCC(C(=O)Nc4ccccc4OC)CC3)c2)cc1. The number of ether oxygens (including phenoxy) is 2. The molecule has 1 fully saturated rings. The van der Waals surface area contributed by atoms with Gasteiger partial charge in [-0.1, -0.05) is 24.3 Å². The fraction of sp³-hybridized carbons (Fsp3) is 0.321. The molecule has 1 amide bonds. The molecule has 0 radical (unpaired) electrons. The first-order valence-electron chi connectivity index (χ1n) is 12.0. The maximum Gasteiger partial charge on any atom is 0.227 e. The summed E-state index contributed by atoms with van der Waals surface area (Å²) in [6, 6.07) is 18.6. The predicted octanol–water partition coefficient (Wildman–Crippen LogP) is 4.77. The number of methoxy groups -OCH3 is 1. The van der Waals surface area contributed by atoms with Crippen LogP contribution in [0.1, 0.15) is 35.7 Å². The number of benzene rings is 2. The summed E-state index contributed by atoms with van der Waals surface area (Å²) in [6.45, 7) is 3.96. The minimum absolute atomic E-state index is 0.00129. The van der Waals surface area contributed by atoms with Crippen molar-refractivity contribution in [2.45, 2.75) is 26.2 Å². The van der Waals surface area contributed by atoms with Crippen molar-refractivity contribution in [2.24, 2.45) is 5.92 Å². The van der Waals surface area contributed by atoms with Crippen LogP contribution in [0.5, 0.6) is 11.5 Å². The van der Waals surface area contributed by atoms with Crippen molar-refractivity contribution in [3.05, 3.63) is 78.0 Å². The molecule has 0 spiro atoms. The summed E-state index contributed by atoms with van der Waals surface area (Å²) in [7, 11) is 1.59. The highest BCUT2D eigenvalue weighted by atomic mass is 16.5. The van der Waals surface area contributed by atoms with Crippen LogP contribution in [0.25, 0.3) is 0 Å². The lowest BCUT2D eigenvalue weighted by molar-refractivity contribution is -0.120. The maximum absolute atomic E-state index is 12.9. The van der Waals surface area contributed by atoms with E-state index in [-0.39, 0.29) is 17.6 Å². The molecule has 2 heterocycles. The number of nitrogens with zero attached hydrogens (tertiary/aromatic N) is 2. The smallest absolute Gasteiger partial charge is 0.227 e. The highest BCUT2D eigenvalue weighted by molar-refractivity contribution is 5.98. The molecule has 35 heavy (non-hydrogen) atoms. The van der Waals surface area contributed by atoms with E-state index in [2.05, 4.69) is 15.2 Å². The molecule has 3 aromatic rings. The van der Waals surface area contributed by atoms with Gasteiger partial charge in [-0.15, -0.1) is 0 Å². The molecule has 0 aliphatic carbocycles. The number of amides is 1. The Labute approximate surface area is 206 Å². The molecule has 1 aliphatic heterocycles. The molecule has 1 aromatic heterocycles. The van der Waals surface area contributed by atoms with Crippen LogP contribution in [0.4, 0.5) is 11.5 Å². The van der Waals surface area contributed by atoms with Crippen molar-refractivity contribution in [3.63, 3.8) is 0 Å². The average molecular weight is 474 g/mol. The molecular weight excluding hydrogens is 442 g/mol. The lowest BCUT2D eigenvalue weighted by Gasteiger charge is -2.32. The molecule has 1 saturated heterocycles. The number of Topliss-reactive ketones (excluding diaryl/α,β-unsaturated/α-hetero) is 1. The zero-order valence-corrected chi connectivity index (χ0v) is 20.2. The van der Waals surface area contributed by atoms with E-state index in [4.69, 9.17) is 9.47 Å². The molecule has 4 rings (SSSR count). The summed E-state index contributed by atoms with van der Waals surface area (Å²) >= 11 is 0. The summed E-state index contributed by atoms with van der Waals surface area (Å²) in [5.41, 5.74) is 2.27. The Kier molecular flexibility index (Phi) is 7.98. The molecule has 0 atom stereocenters. The first-order valence-corrected chi connectivity index (χ1v) is 12.0. The van der Waals surface area contributed by atoms with Gasteiger partial charge in [0.15, 0.2) is 5.78 Å². The number of hydrogen-bond acceptors (Lipinski definition) is 6. The topological polar surface area (TPSA) is 80.8 Å². The van der Waals surface area contributed by atoms with Crippen LogP contribution in [-0.2, 0) is 11.2 Å². The van der Waals surface area contributed by atoms with Gasteiger partial charge in [-0.2, -0.15) is 0 Å². The monoisotopic (exact) mass is 473 g/mol. The molecule has 182 valence electrons. The number of anilines is 2. The van der Waals surface area contributed by atoms with Crippen LogP contribution in [0.3, 0.4) is 0 Å². The maximum atomic E-state index is 12.9. The van der Waals surface area contributed by atoms with Crippen molar-refractivity contribution >= 4 is 23.2 Å². The number of rotatable bonds is 9. The lowest BCUT2D eigenvalue weighted by Crippen LogP contribution is -2.38. The number of pyridine rings is 1. The number of nitrogens with one attached hydrogen (secondary N) is 1. The number of para-hydroxylation sites is 2. The van der Waals surface area contributed by atoms with Crippen molar-refractivity contribution in [3.8, 4) is 11.5 Å². The van der Waals surface area contributed by atoms with Crippen molar-refractivity contribution in [2.75, 3.05) is 37.0 Å². The Morgan fingerprint density at radius 1 is 1.06 bits per heavy atom. The Balaban J connectivity index is 1.33. The molecule has 0 unspecified atom stereocenters. The van der Waals surface area contributed by atoms with Gasteiger partial charge >= 0.3 is 0 Å². The second-order valence-corrected chi connectivity index (χ2v) is 8.53. The summed E-state index contributed by atoms with van der Waals surface area (Å²) < 4.78 is 10.8. The minimum atomic E-state index is -0.0827. The normalized spacial score (nSPS) is 13.8. The summed E-state index contributed by atoms with van der Waals surface area (Å²) in [4.78, 5) is 32.3. The molecule has 7 nitrogen and oxygen atoms in total. The third-order valence-electron chi connectivity index (χ3n) is 6.22. The first kappa shape index (κ1) is 24.3. The lowest BCUT2D eigenvalue weighted by atomic mass is 9.95. The van der Waals surface area contributed by atoms with Crippen molar-refractivity contribution < 1.29 is 19.1 Å². The minimum Gasteiger partial charge on any atom is -0.495 e. The summed E-state index contributed by atoms with van der Waals surface area (Å²) in [6.07, 6.45) is 3.43. The zero-order valence-electron chi connectivity index (χ0n) is 20.2. The van der Waals surface area contributed by atoms with E-state index in [0.717, 1.165) is 17.1 Å². The van der Waals surface area contributed by atoms with E-state index in [1.807, 2.05) is 61.5 Å². The number of carbonyl (C=O) groups is 2. The zero-order chi connectivity index (χ0) is 24.6. The average Bonchev–Trinajstić information content (AvgIpc) is 2.90. The molecule has 2 aromatic carbocycles. The summed E-state index contributed by atoms with van der Waals surface area (Å²) in [5.74, 6) is 2.18. The van der Waals surface area contributed by atoms with Gasteiger partial charge in [0.05, 0.1) is 19.4 Å². The van der Waals surface area contributed by atoms with Gasteiger partial charge in [0, 0.05) is 37.2 Å². The number of hydrogen-bond donors (Lipinski definition) is 1. The summed E-state index contributed by atoms with van der Waals surface area (Å²) in [5, 5.41) is 2.99. The third kappa shape index (κ3) is 6.18. The Bertz CT molecular complexity index is 1150. The van der Waals surface area contributed by atoms with Crippen LogP contribution < -0.4 is 19.7 Å².